The van der Waals surface area contributed by atoms with E-state index in [1.165, 1.54) is 12.1 Å². The van der Waals surface area contributed by atoms with E-state index in [1.807, 2.05) is 60.7 Å². The smallest absolute Gasteiger partial charge is 0.183 e. The molecule has 166 valence electrons. The van der Waals surface area contributed by atoms with Gasteiger partial charge in [-0.25, -0.2) is 8.42 Å². The minimum Gasteiger partial charge on any atom is -0.303 e. The van der Waals surface area contributed by atoms with Crippen molar-refractivity contribution in [2.45, 2.75) is 24.0 Å². The lowest BCUT2D eigenvalue weighted by Crippen LogP contribution is -2.44. The highest BCUT2D eigenvalue weighted by molar-refractivity contribution is 7.92. The second-order valence-electron chi connectivity index (χ2n) is 9.16. The highest BCUT2D eigenvalue weighted by Crippen LogP contribution is 2.70. The Morgan fingerprint density at radius 2 is 1.12 bits per heavy atom. The SMILES string of the molecule is CC12C(=O)C(C)(C(c3ccccc3)=C1c1ccccc1)C(S(=O)(=O)c1ccccc1)C2C=O. The summed E-state index contributed by atoms with van der Waals surface area (Å²) in [6, 6.07) is 27.1. The molecule has 5 heteroatoms. The van der Waals surface area contributed by atoms with Crippen LogP contribution in [-0.4, -0.2) is 25.7 Å². The fourth-order valence-corrected chi connectivity index (χ4v) is 8.50. The molecule has 2 aliphatic rings. The molecular formula is C28H24O4S. The first-order valence-corrected chi connectivity index (χ1v) is 12.5. The fraction of sp³-hybridized carbons (Fsp3) is 0.214. The molecule has 0 spiro atoms. The number of carbonyl (C=O) groups is 2. The van der Waals surface area contributed by atoms with Crippen molar-refractivity contribution in [3.05, 3.63) is 102 Å². The van der Waals surface area contributed by atoms with E-state index < -0.39 is 31.8 Å². The highest BCUT2D eigenvalue weighted by atomic mass is 32.2. The van der Waals surface area contributed by atoms with E-state index in [2.05, 4.69) is 0 Å². The Labute approximate surface area is 193 Å². The molecule has 1 saturated carbocycles. The Kier molecular flexibility index (Phi) is 4.80. The van der Waals surface area contributed by atoms with Crippen molar-refractivity contribution in [2.24, 2.45) is 16.7 Å². The molecule has 2 aliphatic carbocycles. The lowest BCUT2D eigenvalue weighted by molar-refractivity contribution is -0.128. The van der Waals surface area contributed by atoms with Crippen molar-refractivity contribution in [2.75, 3.05) is 0 Å². The molecular weight excluding hydrogens is 432 g/mol. The summed E-state index contributed by atoms with van der Waals surface area (Å²) in [5.74, 6) is -1.21. The van der Waals surface area contributed by atoms with Gasteiger partial charge in [0.2, 0.25) is 0 Å². The summed E-state index contributed by atoms with van der Waals surface area (Å²) >= 11 is 0. The van der Waals surface area contributed by atoms with Crippen LogP contribution in [0.5, 0.6) is 0 Å². The average molecular weight is 457 g/mol. The van der Waals surface area contributed by atoms with Gasteiger partial charge in [0.1, 0.15) is 6.29 Å². The number of benzene rings is 3. The molecule has 4 atom stereocenters. The first kappa shape index (κ1) is 21.5. The second-order valence-corrected chi connectivity index (χ2v) is 11.2. The van der Waals surface area contributed by atoms with Gasteiger partial charge in [-0.15, -0.1) is 0 Å². The standard InChI is InChI=1S/C28H24O4S/c1-27-22(18-29)25(33(31,32)21-16-10-5-11-17-21)28(2,26(27)30)24(20-14-8-4-9-15-20)23(27)19-12-6-3-7-13-19/h3-18,22,25H,1-2H3. The van der Waals surface area contributed by atoms with E-state index in [1.54, 1.807) is 32.0 Å². The van der Waals surface area contributed by atoms with Crippen molar-refractivity contribution in [1.82, 2.24) is 0 Å². The third kappa shape index (κ3) is 2.72. The predicted molar refractivity (Wildman–Crippen MR) is 128 cm³/mol. The van der Waals surface area contributed by atoms with Crippen LogP contribution in [0.3, 0.4) is 0 Å². The molecule has 0 heterocycles. The number of ketones is 1. The summed E-state index contributed by atoms with van der Waals surface area (Å²) < 4.78 is 27.9. The molecule has 0 saturated heterocycles. The van der Waals surface area contributed by atoms with Crippen molar-refractivity contribution < 1.29 is 18.0 Å². The number of hydrogen-bond donors (Lipinski definition) is 0. The van der Waals surface area contributed by atoms with E-state index in [0.29, 0.717) is 11.9 Å². The van der Waals surface area contributed by atoms with Gasteiger partial charge >= 0.3 is 0 Å². The number of hydrogen-bond acceptors (Lipinski definition) is 4. The maximum Gasteiger partial charge on any atom is 0.183 e. The Morgan fingerprint density at radius 3 is 1.58 bits per heavy atom. The molecule has 3 aromatic rings. The summed E-state index contributed by atoms with van der Waals surface area (Å²) in [5.41, 5.74) is 0.451. The van der Waals surface area contributed by atoms with E-state index in [4.69, 9.17) is 0 Å². The Balaban J connectivity index is 1.88. The largest absolute Gasteiger partial charge is 0.303 e. The predicted octanol–water partition coefficient (Wildman–Crippen LogP) is 4.86. The van der Waals surface area contributed by atoms with E-state index in [9.17, 15) is 18.0 Å². The lowest BCUT2D eigenvalue weighted by atomic mass is 9.67. The zero-order valence-electron chi connectivity index (χ0n) is 18.4. The van der Waals surface area contributed by atoms with Gasteiger partial charge in [-0.3, -0.25) is 4.79 Å². The van der Waals surface area contributed by atoms with Crippen LogP contribution in [0.15, 0.2) is 95.9 Å². The lowest BCUT2D eigenvalue weighted by Gasteiger charge is -2.39. The fourth-order valence-electron chi connectivity index (χ4n) is 6.10. The van der Waals surface area contributed by atoms with Crippen molar-refractivity contribution in [3.63, 3.8) is 0 Å². The Hall–Kier alpha value is -3.31. The molecule has 5 rings (SSSR count). The van der Waals surface area contributed by atoms with Crippen LogP contribution >= 0.6 is 0 Å². The third-order valence-electron chi connectivity index (χ3n) is 7.47. The maximum atomic E-state index is 14.2. The minimum absolute atomic E-state index is 0.126. The summed E-state index contributed by atoms with van der Waals surface area (Å²) in [7, 11) is -3.99. The van der Waals surface area contributed by atoms with E-state index in [0.717, 1.165) is 16.7 Å². The van der Waals surface area contributed by atoms with Crippen molar-refractivity contribution >= 4 is 33.1 Å². The summed E-state index contributed by atoms with van der Waals surface area (Å²) in [6.45, 7) is 3.45. The monoisotopic (exact) mass is 456 g/mol. The Bertz CT molecular complexity index is 1380. The van der Waals surface area contributed by atoms with Gasteiger partial charge in [0.25, 0.3) is 0 Å². The van der Waals surface area contributed by atoms with Gasteiger partial charge in [-0.2, -0.15) is 0 Å². The van der Waals surface area contributed by atoms with Crippen LogP contribution in [0.1, 0.15) is 25.0 Å². The minimum atomic E-state index is -3.99. The number of sulfone groups is 1. The molecule has 0 amide bonds. The molecule has 0 aliphatic heterocycles. The van der Waals surface area contributed by atoms with E-state index >= 15 is 0 Å². The van der Waals surface area contributed by atoms with Gasteiger partial charge in [0, 0.05) is 5.92 Å². The number of allylic oxidation sites excluding steroid dienone is 2. The Morgan fingerprint density at radius 1 is 0.697 bits per heavy atom. The number of aldehydes is 1. The topological polar surface area (TPSA) is 68.3 Å². The molecule has 4 nitrogen and oxygen atoms in total. The molecule has 3 aromatic carbocycles. The molecule has 0 radical (unpaired) electrons. The summed E-state index contributed by atoms with van der Waals surface area (Å²) in [6.07, 6.45) is 0.680. The highest BCUT2D eigenvalue weighted by Gasteiger charge is 2.75. The number of fused-ring (bicyclic) bond motifs is 2. The first-order valence-electron chi connectivity index (χ1n) is 10.9. The van der Waals surface area contributed by atoms with Gasteiger partial charge in [0.15, 0.2) is 15.6 Å². The molecule has 1 fully saturated rings. The third-order valence-corrected chi connectivity index (χ3v) is 9.83. The average Bonchev–Trinajstić information content (AvgIpc) is 3.14. The zero-order chi connectivity index (χ0) is 23.4. The molecule has 0 aromatic heterocycles. The van der Waals surface area contributed by atoms with Gasteiger partial charge in [-0.05, 0) is 48.3 Å². The van der Waals surface area contributed by atoms with Crippen LogP contribution in [0.25, 0.3) is 11.1 Å². The van der Waals surface area contributed by atoms with Crippen LogP contribution in [-0.2, 0) is 19.4 Å². The van der Waals surface area contributed by atoms with Gasteiger partial charge < -0.3 is 4.79 Å². The quantitative estimate of drug-likeness (QED) is 0.514. The summed E-state index contributed by atoms with van der Waals surface area (Å²) in [5, 5.41) is -1.19. The maximum absolute atomic E-state index is 14.2. The van der Waals surface area contributed by atoms with Crippen LogP contribution < -0.4 is 0 Å². The summed E-state index contributed by atoms with van der Waals surface area (Å²) in [4.78, 5) is 26.9. The van der Waals surface area contributed by atoms with Crippen molar-refractivity contribution in [3.8, 4) is 0 Å². The van der Waals surface area contributed by atoms with Crippen LogP contribution in [0.2, 0.25) is 0 Å². The normalized spacial score (nSPS) is 28.8. The van der Waals surface area contributed by atoms with Gasteiger partial charge in [0.05, 0.1) is 21.0 Å². The van der Waals surface area contributed by atoms with Crippen LogP contribution in [0.4, 0.5) is 0 Å². The molecule has 2 bridgehead atoms. The van der Waals surface area contributed by atoms with Gasteiger partial charge in [-0.1, -0.05) is 78.9 Å². The number of carbonyl (C=O) groups excluding carboxylic acids is 2. The van der Waals surface area contributed by atoms with Crippen LogP contribution in [0, 0.1) is 16.7 Å². The van der Waals surface area contributed by atoms with Crippen molar-refractivity contribution in [1.29, 1.82) is 0 Å². The number of rotatable bonds is 5. The molecule has 0 N–H and O–H groups in total. The zero-order valence-corrected chi connectivity index (χ0v) is 19.3. The number of Topliss-reactive ketones (excluding diaryl/α,β-unsaturated/α-hetero) is 1. The second kappa shape index (κ2) is 7.35. The van der Waals surface area contributed by atoms with E-state index in [-0.39, 0.29) is 10.7 Å². The molecule has 4 unspecified atom stereocenters. The molecule has 33 heavy (non-hydrogen) atoms. The first-order chi connectivity index (χ1) is 15.8.